The van der Waals surface area contributed by atoms with E-state index in [1.54, 1.807) is 12.3 Å². The van der Waals surface area contributed by atoms with Crippen LogP contribution in [0.15, 0.2) is 42.7 Å². The SMILES string of the molecule is COC(=O)c1cc(C)sc1NC(=S)Nc1cnn(Cc2ccccc2C)c1. The molecule has 0 amide bonds. The summed E-state index contributed by atoms with van der Waals surface area (Å²) < 4.78 is 6.66. The molecule has 2 N–H and O–H groups in total. The molecule has 0 bridgehead atoms. The number of nitrogens with one attached hydrogen (secondary N) is 2. The number of thiocarbonyl (C=S) groups is 1. The van der Waals surface area contributed by atoms with Crippen LogP contribution >= 0.6 is 23.6 Å². The van der Waals surface area contributed by atoms with Gasteiger partial charge in [0, 0.05) is 11.1 Å². The highest BCUT2D eigenvalue weighted by Crippen LogP contribution is 2.28. The van der Waals surface area contributed by atoms with Crippen LogP contribution in [0.4, 0.5) is 10.7 Å². The number of hydrogen-bond acceptors (Lipinski definition) is 5. The van der Waals surface area contributed by atoms with Crippen molar-refractivity contribution in [2.24, 2.45) is 0 Å². The van der Waals surface area contributed by atoms with Crippen LogP contribution in [0.5, 0.6) is 0 Å². The lowest BCUT2D eigenvalue weighted by Gasteiger charge is -2.09. The summed E-state index contributed by atoms with van der Waals surface area (Å²) in [5, 5.41) is 11.6. The van der Waals surface area contributed by atoms with Crippen molar-refractivity contribution in [3.8, 4) is 0 Å². The first-order valence-corrected chi connectivity index (χ1v) is 9.52. The van der Waals surface area contributed by atoms with Gasteiger partial charge in [0.1, 0.15) is 5.00 Å². The van der Waals surface area contributed by atoms with Gasteiger partial charge in [-0.25, -0.2) is 4.79 Å². The number of esters is 1. The van der Waals surface area contributed by atoms with Gasteiger partial charge in [-0.1, -0.05) is 24.3 Å². The number of carbonyl (C=O) groups excluding carboxylic acids is 1. The quantitative estimate of drug-likeness (QED) is 0.494. The molecule has 1 aromatic carbocycles. The predicted octanol–water partition coefficient (Wildman–Crippen LogP) is 4.21. The Balaban J connectivity index is 1.65. The molecule has 0 aliphatic carbocycles. The topological polar surface area (TPSA) is 68.2 Å². The van der Waals surface area contributed by atoms with E-state index in [4.69, 9.17) is 17.0 Å². The van der Waals surface area contributed by atoms with Gasteiger partial charge in [-0.3, -0.25) is 4.68 Å². The molecule has 2 aromatic heterocycles. The molecule has 2 heterocycles. The molecule has 0 aliphatic rings. The summed E-state index contributed by atoms with van der Waals surface area (Å²) in [7, 11) is 1.36. The van der Waals surface area contributed by atoms with Crippen molar-refractivity contribution in [3.63, 3.8) is 0 Å². The number of thiophene rings is 1. The van der Waals surface area contributed by atoms with E-state index < -0.39 is 5.97 Å². The second-order valence-electron chi connectivity index (χ2n) is 6.02. The number of methoxy groups -OCH3 is 1. The Morgan fingerprint density at radius 3 is 2.81 bits per heavy atom. The number of aryl methyl sites for hydroxylation is 2. The van der Waals surface area contributed by atoms with Crippen molar-refractivity contribution in [2.45, 2.75) is 20.4 Å². The highest BCUT2D eigenvalue weighted by Gasteiger charge is 2.16. The molecule has 27 heavy (non-hydrogen) atoms. The Labute approximate surface area is 167 Å². The van der Waals surface area contributed by atoms with Crippen molar-refractivity contribution < 1.29 is 9.53 Å². The lowest BCUT2D eigenvalue weighted by atomic mass is 10.1. The molecule has 3 aromatic rings. The molecule has 0 spiro atoms. The third kappa shape index (κ3) is 4.72. The fourth-order valence-electron chi connectivity index (χ4n) is 2.61. The summed E-state index contributed by atoms with van der Waals surface area (Å²) in [6, 6.07) is 9.99. The van der Waals surface area contributed by atoms with E-state index in [0.717, 1.165) is 10.6 Å². The van der Waals surface area contributed by atoms with Crippen molar-refractivity contribution >= 4 is 45.3 Å². The van der Waals surface area contributed by atoms with Crippen LogP contribution in [0, 0.1) is 13.8 Å². The van der Waals surface area contributed by atoms with Gasteiger partial charge in [-0.15, -0.1) is 11.3 Å². The van der Waals surface area contributed by atoms with Crippen LogP contribution in [0.3, 0.4) is 0 Å². The molecule has 8 heteroatoms. The number of carbonyl (C=O) groups is 1. The average molecular weight is 401 g/mol. The van der Waals surface area contributed by atoms with Gasteiger partial charge in [-0.2, -0.15) is 5.10 Å². The fourth-order valence-corrected chi connectivity index (χ4v) is 3.80. The number of ether oxygens (including phenoxy) is 1. The Morgan fingerprint density at radius 2 is 2.07 bits per heavy atom. The van der Waals surface area contributed by atoms with Crippen LogP contribution in [-0.2, 0) is 11.3 Å². The summed E-state index contributed by atoms with van der Waals surface area (Å²) in [6.07, 6.45) is 3.61. The van der Waals surface area contributed by atoms with E-state index in [-0.39, 0.29) is 0 Å². The van der Waals surface area contributed by atoms with Crippen LogP contribution < -0.4 is 10.6 Å². The zero-order chi connectivity index (χ0) is 19.4. The Kier molecular flexibility index (Phi) is 5.88. The highest BCUT2D eigenvalue weighted by atomic mass is 32.1. The third-order valence-electron chi connectivity index (χ3n) is 3.97. The zero-order valence-electron chi connectivity index (χ0n) is 15.3. The van der Waals surface area contributed by atoms with E-state index >= 15 is 0 Å². The first-order chi connectivity index (χ1) is 13.0. The number of rotatable bonds is 5. The molecule has 0 unspecified atom stereocenters. The van der Waals surface area contributed by atoms with E-state index in [1.807, 2.05) is 29.9 Å². The Hall–Kier alpha value is -2.71. The molecular weight excluding hydrogens is 380 g/mol. The van der Waals surface area contributed by atoms with Crippen LogP contribution in [-0.4, -0.2) is 28.0 Å². The fraction of sp³-hybridized carbons (Fsp3) is 0.211. The number of benzene rings is 1. The van der Waals surface area contributed by atoms with Gasteiger partial charge in [0.15, 0.2) is 5.11 Å². The van der Waals surface area contributed by atoms with E-state index in [0.29, 0.717) is 22.2 Å². The maximum Gasteiger partial charge on any atom is 0.340 e. The summed E-state index contributed by atoms with van der Waals surface area (Å²) in [5.74, 6) is -0.393. The molecule has 6 nitrogen and oxygen atoms in total. The molecule has 0 atom stereocenters. The smallest absolute Gasteiger partial charge is 0.340 e. The summed E-state index contributed by atoms with van der Waals surface area (Å²) >= 11 is 6.81. The Bertz CT molecular complexity index is 978. The molecule has 0 saturated heterocycles. The summed E-state index contributed by atoms with van der Waals surface area (Å²) in [6.45, 7) is 4.69. The zero-order valence-corrected chi connectivity index (χ0v) is 16.9. The van der Waals surface area contributed by atoms with E-state index in [2.05, 4.69) is 34.8 Å². The Morgan fingerprint density at radius 1 is 1.30 bits per heavy atom. The molecule has 0 saturated carbocycles. The first-order valence-electron chi connectivity index (χ1n) is 8.30. The minimum atomic E-state index is -0.393. The number of nitrogens with zero attached hydrogens (tertiary/aromatic N) is 2. The normalized spacial score (nSPS) is 10.5. The van der Waals surface area contributed by atoms with Crippen LogP contribution in [0.25, 0.3) is 0 Å². The number of aromatic nitrogens is 2. The molecule has 0 radical (unpaired) electrons. The van der Waals surface area contributed by atoms with Gasteiger partial charge < -0.3 is 15.4 Å². The van der Waals surface area contributed by atoms with Crippen molar-refractivity contribution in [2.75, 3.05) is 17.7 Å². The molecule has 0 fully saturated rings. The average Bonchev–Trinajstić information content (AvgIpc) is 3.22. The maximum atomic E-state index is 11.9. The minimum absolute atomic E-state index is 0.387. The lowest BCUT2D eigenvalue weighted by molar-refractivity contribution is 0.0602. The van der Waals surface area contributed by atoms with Crippen molar-refractivity contribution in [3.05, 3.63) is 64.3 Å². The van der Waals surface area contributed by atoms with Gasteiger partial charge in [-0.05, 0) is 43.3 Å². The minimum Gasteiger partial charge on any atom is -0.465 e. The third-order valence-corrected chi connectivity index (χ3v) is 5.14. The molecule has 3 rings (SSSR count). The molecule has 140 valence electrons. The largest absolute Gasteiger partial charge is 0.465 e. The monoisotopic (exact) mass is 400 g/mol. The lowest BCUT2D eigenvalue weighted by Crippen LogP contribution is -2.19. The molecule has 0 aliphatic heterocycles. The predicted molar refractivity (Wildman–Crippen MR) is 113 cm³/mol. The van der Waals surface area contributed by atoms with Crippen molar-refractivity contribution in [1.82, 2.24) is 9.78 Å². The highest BCUT2D eigenvalue weighted by molar-refractivity contribution is 7.80. The standard InChI is InChI=1S/C19H20N4O2S2/c1-12-6-4-5-7-14(12)10-23-11-15(9-20-23)21-19(26)22-17-16(18(24)25-3)8-13(2)27-17/h4-9,11H,10H2,1-3H3,(H2,21,22,26). The summed E-state index contributed by atoms with van der Waals surface area (Å²) in [5.41, 5.74) is 3.68. The second-order valence-corrected chi connectivity index (χ2v) is 7.69. The van der Waals surface area contributed by atoms with Gasteiger partial charge in [0.05, 0.1) is 31.1 Å². The van der Waals surface area contributed by atoms with Crippen molar-refractivity contribution in [1.29, 1.82) is 0 Å². The van der Waals surface area contributed by atoms with Crippen LogP contribution in [0.1, 0.15) is 26.4 Å². The van der Waals surface area contributed by atoms with E-state index in [9.17, 15) is 4.79 Å². The van der Waals surface area contributed by atoms with Crippen LogP contribution in [0.2, 0.25) is 0 Å². The second kappa shape index (κ2) is 8.32. The molecular formula is C19H20N4O2S2. The summed E-state index contributed by atoms with van der Waals surface area (Å²) in [4.78, 5) is 12.9. The number of hydrogen-bond donors (Lipinski definition) is 2. The first kappa shape index (κ1) is 19.1. The van der Waals surface area contributed by atoms with E-state index in [1.165, 1.54) is 29.6 Å². The van der Waals surface area contributed by atoms with Gasteiger partial charge in [0.2, 0.25) is 0 Å². The van der Waals surface area contributed by atoms with Gasteiger partial charge in [0.25, 0.3) is 0 Å². The number of anilines is 2. The maximum absolute atomic E-state index is 11.9. The van der Waals surface area contributed by atoms with Gasteiger partial charge >= 0.3 is 5.97 Å².